The fourth-order valence-electron chi connectivity index (χ4n) is 1.51. The first kappa shape index (κ1) is 17.0. The van der Waals surface area contributed by atoms with E-state index in [1.807, 2.05) is 0 Å². The van der Waals surface area contributed by atoms with Crippen molar-refractivity contribution in [1.82, 2.24) is 4.72 Å². The van der Waals surface area contributed by atoms with Gasteiger partial charge in [-0.1, -0.05) is 15.9 Å². The molecule has 1 atom stereocenters. The van der Waals surface area contributed by atoms with Gasteiger partial charge in [-0.05, 0) is 26.0 Å². The maximum absolute atomic E-state index is 12.2. The van der Waals surface area contributed by atoms with Gasteiger partial charge in [0.15, 0.2) is 4.90 Å². The molecule has 0 aliphatic rings. The lowest BCUT2D eigenvalue weighted by molar-refractivity contribution is -0.387. The minimum atomic E-state index is -3.99. The molecule has 0 radical (unpaired) electrons. The van der Waals surface area contributed by atoms with Crippen LogP contribution in [0.4, 0.5) is 5.69 Å². The van der Waals surface area contributed by atoms with Gasteiger partial charge in [-0.2, -0.15) is 0 Å². The van der Waals surface area contributed by atoms with E-state index in [4.69, 9.17) is 4.74 Å². The molecule has 1 unspecified atom stereocenters. The maximum atomic E-state index is 12.2. The van der Waals surface area contributed by atoms with Crippen LogP contribution in [0, 0.1) is 10.1 Å². The summed E-state index contributed by atoms with van der Waals surface area (Å²) in [5, 5.41) is 10.9. The number of nitro benzene ring substituents is 1. The Balaban J connectivity index is 3.09. The van der Waals surface area contributed by atoms with Crippen LogP contribution >= 0.6 is 15.9 Å². The Morgan fingerprint density at radius 1 is 1.50 bits per heavy atom. The van der Waals surface area contributed by atoms with Gasteiger partial charge in [-0.25, -0.2) is 13.1 Å². The number of ether oxygens (including phenoxy) is 1. The number of hydrogen-bond acceptors (Lipinski definition) is 5. The fourth-order valence-corrected chi connectivity index (χ4v) is 3.45. The van der Waals surface area contributed by atoms with Gasteiger partial charge in [0.25, 0.3) is 5.69 Å². The standard InChI is InChI=1S/C11H15BrN2O5S/c1-3-19-7-8(2)13-20(17,18)11-6-9(12)4-5-10(11)14(15)16/h4-6,8,13H,3,7H2,1-2H3. The first-order chi connectivity index (χ1) is 9.27. The molecule has 20 heavy (non-hydrogen) atoms. The van der Waals surface area contributed by atoms with E-state index in [0.29, 0.717) is 11.1 Å². The Hall–Kier alpha value is -1.03. The summed E-state index contributed by atoms with van der Waals surface area (Å²) in [6, 6.07) is 3.28. The van der Waals surface area contributed by atoms with Crippen molar-refractivity contribution in [2.75, 3.05) is 13.2 Å². The summed E-state index contributed by atoms with van der Waals surface area (Å²) in [5.74, 6) is 0. The van der Waals surface area contributed by atoms with Crippen LogP contribution in [-0.4, -0.2) is 32.6 Å². The second-order valence-electron chi connectivity index (χ2n) is 4.05. The number of sulfonamides is 1. The summed E-state index contributed by atoms with van der Waals surface area (Å²) >= 11 is 3.11. The highest BCUT2D eigenvalue weighted by Crippen LogP contribution is 2.27. The molecule has 1 N–H and O–H groups in total. The highest BCUT2D eigenvalue weighted by atomic mass is 79.9. The van der Waals surface area contributed by atoms with E-state index in [0.717, 1.165) is 6.07 Å². The van der Waals surface area contributed by atoms with Gasteiger partial charge in [0.2, 0.25) is 10.0 Å². The van der Waals surface area contributed by atoms with Crippen LogP contribution in [0.5, 0.6) is 0 Å². The summed E-state index contributed by atoms with van der Waals surface area (Å²) in [6.45, 7) is 4.07. The van der Waals surface area contributed by atoms with Crippen molar-refractivity contribution in [3.8, 4) is 0 Å². The average Bonchev–Trinajstić information content (AvgIpc) is 2.35. The predicted molar refractivity (Wildman–Crippen MR) is 77.1 cm³/mol. The predicted octanol–water partition coefficient (Wildman–Crippen LogP) is 2.06. The van der Waals surface area contributed by atoms with Gasteiger partial charge in [0.05, 0.1) is 11.5 Å². The third-order valence-electron chi connectivity index (χ3n) is 2.34. The Bertz CT molecular complexity index is 590. The Kier molecular flexibility index (Phi) is 6.06. The Morgan fingerprint density at radius 2 is 2.15 bits per heavy atom. The fraction of sp³-hybridized carbons (Fsp3) is 0.455. The van der Waals surface area contributed by atoms with Crippen molar-refractivity contribution in [2.45, 2.75) is 24.8 Å². The molecule has 1 aromatic carbocycles. The number of nitrogens with one attached hydrogen (secondary N) is 1. The van der Waals surface area contributed by atoms with Crippen LogP contribution in [0.3, 0.4) is 0 Å². The molecule has 0 aliphatic heterocycles. The molecular formula is C11H15BrN2O5S. The molecule has 0 saturated heterocycles. The number of halogens is 1. The highest BCUT2D eigenvalue weighted by molar-refractivity contribution is 9.10. The van der Waals surface area contributed by atoms with Gasteiger partial charge in [0, 0.05) is 23.2 Å². The zero-order valence-electron chi connectivity index (χ0n) is 11.0. The van der Waals surface area contributed by atoms with E-state index in [1.165, 1.54) is 12.1 Å². The van der Waals surface area contributed by atoms with Crippen LogP contribution < -0.4 is 4.72 Å². The Labute approximate surface area is 125 Å². The molecule has 1 aromatic rings. The molecule has 0 heterocycles. The molecule has 112 valence electrons. The number of nitrogens with zero attached hydrogens (tertiary/aromatic N) is 1. The van der Waals surface area contributed by atoms with Gasteiger partial charge in [-0.3, -0.25) is 10.1 Å². The number of hydrogen-bond donors (Lipinski definition) is 1. The lowest BCUT2D eigenvalue weighted by Crippen LogP contribution is -2.36. The van der Waals surface area contributed by atoms with Crippen LogP contribution in [0.1, 0.15) is 13.8 Å². The summed E-state index contributed by atoms with van der Waals surface area (Å²) in [6.07, 6.45) is 0. The second-order valence-corrected chi connectivity index (χ2v) is 6.65. The molecule has 0 saturated carbocycles. The minimum absolute atomic E-state index is 0.192. The monoisotopic (exact) mass is 366 g/mol. The third kappa shape index (κ3) is 4.51. The molecule has 0 spiro atoms. The zero-order chi connectivity index (χ0) is 15.3. The maximum Gasteiger partial charge on any atom is 0.289 e. The molecular weight excluding hydrogens is 352 g/mol. The SMILES string of the molecule is CCOCC(C)NS(=O)(=O)c1cc(Br)ccc1[N+](=O)[O-]. The van der Waals surface area contributed by atoms with Crippen LogP contribution in [0.2, 0.25) is 0 Å². The Morgan fingerprint density at radius 3 is 2.70 bits per heavy atom. The summed E-state index contributed by atoms with van der Waals surface area (Å²) in [5.41, 5.74) is -0.468. The van der Waals surface area contributed by atoms with Crippen molar-refractivity contribution in [3.63, 3.8) is 0 Å². The molecule has 0 amide bonds. The molecule has 0 aliphatic carbocycles. The summed E-state index contributed by atoms with van der Waals surface area (Å²) in [7, 11) is -3.99. The summed E-state index contributed by atoms with van der Waals surface area (Å²) in [4.78, 5) is 9.81. The van der Waals surface area contributed by atoms with Crippen LogP contribution in [0.25, 0.3) is 0 Å². The van der Waals surface area contributed by atoms with E-state index < -0.39 is 26.7 Å². The van der Waals surface area contributed by atoms with E-state index >= 15 is 0 Å². The van der Waals surface area contributed by atoms with Gasteiger partial charge in [-0.15, -0.1) is 0 Å². The average molecular weight is 367 g/mol. The lowest BCUT2D eigenvalue weighted by atomic mass is 10.3. The van der Waals surface area contributed by atoms with Crippen molar-refractivity contribution >= 4 is 31.6 Å². The van der Waals surface area contributed by atoms with Crippen molar-refractivity contribution < 1.29 is 18.1 Å². The van der Waals surface area contributed by atoms with Crippen molar-refractivity contribution in [2.24, 2.45) is 0 Å². The number of benzene rings is 1. The molecule has 7 nitrogen and oxygen atoms in total. The van der Waals surface area contributed by atoms with E-state index in [-0.39, 0.29) is 11.5 Å². The third-order valence-corrected chi connectivity index (χ3v) is 4.45. The highest BCUT2D eigenvalue weighted by Gasteiger charge is 2.27. The zero-order valence-corrected chi connectivity index (χ0v) is 13.4. The first-order valence-electron chi connectivity index (χ1n) is 5.82. The van der Waals surface area contributed by atoms with Gasteiger partial charge < -0.3 is 4.74 Å². The molecule has 0 bridgehead atoms. The molecule has 1 rings (SSSR count). The quantitative estimate of drug-likeness (QED) is 0.588. The second kappa shape index (κ2) is 7.11. The number of nitro groups is 1. The van der Waals surface area contributed by atoms with E-state index in [2.05, 4.69) is 20.7 Å². The molecule has 0 fully saturated rings. The largest absolute Gasteiger partial charge is 0.380 e. The minimum Gasteiger partial charge on any atom is -0.380 e. The van der Waals surface area contributed by atoms with Gasteiger partial charge >= 0.3 is 0 Å². The van der Waals surface area contributed by atoms with Crippen molar-refractivity contribution in [1.29, 1.82) is 0 Å². The molecule has 0 aromatic heterocycles. The first-order valence-corrected chi connectivity index (χ1v) is 8.09. The van der Waals surface area contributed by atoms with E-state index in [9.17, 15) is 18.5 Å². The van der Waals surface area contributed by atoms with Crippen LogP contribution in [0.15, 0.2) is 27.6 Å². The summed E-state index contributed by atoms with van der Waals surface area (Å²) < 4.78 is 32.3. The van der Waals surface area contributed by atoms with Crippen LogP contribution in [-0.2, 0) is 14.8 Å². The lowest BCUT2D eigenvalue weighted by Gasteiger charge is -2.14. The number of rotatable bonds is 7. The van der Waals surface area contributed by atoms with E-state index in [1.54, 1.807) is 13.8 Å². The smallest absolute Gasteiger partial charge is 0.289 e. The normalized spacial score (nSPS) is 13.2. The van der Waals surface area contributed by atoms with Gasteiger partial charge in [0.1, 0.15) is 0 Å². The van der Waals surface area contributed by atoms with Crippen molar-refractivity contribution in [3.05, 3.63) is 32.8 Å². The topological polar surface area (TPSA) is 98.5 Å². The molecule has 9 heteroatoms.